The maximum Gasteiger partial charge on any atom is 0.137 e. The first-order chi connectivity index (χ1) is 9.67. The Kier molecular flexibility index (Phi) is 11.6. The molecule has 2 N–H and O–H groups in total. The van der Waals surface area contributed by atoms with E-state index in [0.717, 1.165) is 25.9 Å². The molecular formula is C15H21Cl3N2O. The van der Waals surface area contributed by atoms with Gasteiger partial charge in [-0.3, -0.25) is 4.90 Å². The van der Waals surface area contributed by atoms with Gasteiger partial charge in [-0.05, 0) is 37.6 Å². The quantitative estimate of drug-likeness (QED) is 0.547. The summed E-state index contributed by atoms with van der Waals surface area (Å²) < 4.78 is 5.63. The summed E-state index contributed by atoms with van der Waals surface area (Å²) in [7, 11) is 0. The lowest BCUT2D eigenvalue weighted by atomic mass is 10.3. The van der Waals surface area contributed by atoms with E-state index in [1.165, 1.54) is 0 Å². The summed E-state index contributed by atoms with van der Waals surface area (Å²) >= 11 is 11.9. The van der Waals surface area contributed by atoms with Gasteiger partial charge in [-0.15, -0.1) is 18.8 Å². The van der Waals surface area contributed by atoms with E-state index in [4.69, 9.17) is 40.1 Å². The van der Waals surface area contributed by atoms with Crippen molar-refractivity contribution in [3.05, 3.63) is 28.2 Å². The van der Waals surface area contributed by atoms with Crippen molar-refractivity contribution in [2.75, 3.05) is 32.8 Å². The zero-order chi connectivity index (χ0) is 14.8. The first-order valence-corrected chi connectivity index (χ1v) is 7.36. The molecule has 118 valence electrons. The number of halogens is 3. The molecule has 0 unspecified atom stereocenters. The molecule has 0 aliphatic rings. The van der Waals surface area contributed by atoms with Crippen LogP contribution < -0.4 is 10.5 Å². The largest absolute Gasteiger partial charge is 0.492 e. The molecule has 0 aromatic heterocycles. The molecule has 0 aliphatic heterocycles. The summed E-state index contributed by atoms with van der Waals surface area (Å²) in [5.74, 6) is 3.31. The summed E-state index contributed by atoms with van der Waals surface area (Å²) in [6, 6.07) is 5.21. The minimum absolute atomic E-state index is 0. The van der Waals surface area contributed by atoms with Gasteiger partial charge in [-0.25, -0.2) is 0 Å². The van der Waals surface area contributed by atoms with Crippen LogP contribution in [0.15, 0.2) is 18.2 Å². The van der Waals surface area contributed by atoms with Crippen molar-refractivity contribution < 1.29 is 4.74 Å². The molecular weight excluding hydrogens is 331 g/mol. The predicted octanol–water partition coefficient (Wildman–Crippen LogP) is 3.47. The Balaban J connectivity index is 0.00000400. The third-order valence-electron chi connectivity index (χ3n) is 2.76. The molecule has 1 rings (SSSR count). The van der Waals surface area contributed by atoms with Gasteiger partial charge in [0.05, 0.1) is 18.2 Å². The van der Waals surface area contributed by atoms with Crippen molar-refractivity contribution in [1.82, 2.24) is 4.90 Å². The van der Waals surface area contributed by atoms with E-state index in [-0.39, 0.29) is 12.4 Å². The van der Waals surface area contributed by atoms with Gasteiger partial charge < -0.3 is 10.5 Å². The van der Waals surface area contributed by atoms with Crippen LogP contribution >= 0.6 is 35.6 Å². The SMILES string of the molecule is C#CCN(CCCN)CCCOc1ccc(Cl)cc1Cl.Cl. The standard InChI is InChI=1S/C15H20Cl2N2O.ClH/c1-2-8-19(9-3-7-18)10-4-11-20-15-6-5-13(16)12-14(15)17;/h1,5-6,12H,3-4,7-11,18H2;1H. The van der Waals surface area contributed by atoms with Crippen molar-refractivity contribution >= 4 is 35.6 Å². The number of hydrogen-bond donors (Lipinski definition) is 1. The Morgan fingerprint density at radius 1 is 1.24 bits per heavy atom. The monoisotopic (exact) mass is 350 g/mol. The fourth-order valence-corrected chi connectivity index (χ4v) is 2.24. The topological polar surface area (TPSA) is 38.5 Å². The fraction of sp³-hybridized carbons (Fsp3) is 0.467. The first kappa shape index (κ1) is 20.4. The van der Waals surface area contributed by atoms with Crippen molar-refractivity contribution in [1.29, 1.82) is 0 Å². The van der Waals surface area contributed by atoms with Gasteiger partial charge in [0.25, 0.3) is 0 Å². The second-order valence-corrected chi connectivity index (χ2v) is 5.24. The Morgan fingerprint density at radius 2 is 1.95 bits per heavy atom. The molecule has 1 aromatic carbocycles. The van der Waals surface area contributed by atoms with E-state index in [1.54, 1.807) is 18.2 Å². The van der Waals surface area contributed by atoms with E-state index in [1.807, 2.05) is 0 Å². The maximum absolute atomic E-state index is 6.03. The third kappa shape index (κ3) is 8.40. The summed E-state index contributed by atoms with van der Waals surface area (Å²) in [5.41, 5.74) is 5.50. The lowest BCUT2D eigenvalue weighted by Crippen LogP contribution is -2.28. The van der Waals surface area contributed by atoms with E-state index in [2.05, 4.69) is 10.8 Å². The van der Waals surface area contributed by atoms with Crippen LogP contribution in [0.25, 0.3) is 0 Å². The zero-order valence-corrected chi connectivity index (χ0v) is 14.2. The van der Waals surface area contributed by atoms with Gasteiger partial charge in [-0.2, -0.15) is 0 Å². The van der Waals surface area contributed by atoms with Crippen LogP contribution in [0.3, 0.4) is 0 Å². The molecule has 0 heterocycles. The fourth-order valence-electron chi connectivity index (χ4n) is 1.78. The highest BCUT2D eigenvalue weighted by Crippen LogP contribution is 2.27. The molecule has 0 bridgehead atoms. The highest BCUT2D eigenvalue weighted by atomic mass is 35.5. The number of hydrogen-bond acceptors (Lipinski definition) is 3. The lowest BCUT2D eigenvalue weighted by Gasteiger charge is -2.19. The van der Waals surface area contributed by atoms with Crippen LogP contribution in [0.5, 0.6) is 5.75 Å². The van der Waals surface area contributed by atoms with E-state index < -0.39 is 0 Å². The van der Waals surface area contributed by atoms with Gasteiger partial charge in [-0.1, -0.05) is 29.1 Å². The van der Waals surface area contributed by atoms with E-state index in [9.17, 15) is 0 Å². The number of nitrogens with two attached hydrogens (primary N) is 1. The van der Waals surface area contributed by atoms with Crippen molar-refractivity contribution in [2.24, 2.45) is 5.73 Å². The van der Waals surface area contributed by atoms with Crippen molar-refractivity contribution in [2.45, 2.75) is 12.8 Å². The number of rotatable bonds is 9. The number of benzene rings is 1. The molecule has 6 heteroatoms. The van der Waals surface area contributed by atoms with Crippen LogP contribution in [0.2, 0.25) is 10.0 Å². The zero-order valence-electron chi connectivity index (χ0n) is 11.9. The van der Waals surface area contributed by atoms with Gasteiger partial charge in [0.15, 0.2) is 0 Å². The van der Waals surface area contributed by atoms with Crippen LogP contribution in [0.1, 0.15) is 12.8 Å². The molecule has 0 atom stereocenters. The van der Waals surface area contributed by atoms with Crippen LogP contribution in [-0.4, -0.2) is 37.7 Å². The number of ether oxygens (including phenoxy) is 1. The average molecular weight is 352 g/mol. The first-order valence-electron chi connectivity index (χ1n) is 6.61. The molecule has 21 heavy (non-hydrogen) atoms. The maximum atomic E-state index is 6.03. The average Bonchev–Trinajstić information content (AvgIpc) is 2.42. The third-order valence-corrected chi connectivity index (χ3v) is 3.29. The Labute approximate surface area is 143 Å². The second kappa shape index (κ2) is 12.0. The molecule has 0 aliphatic carbocycles. The van der Waals surface area contributed by atoms with Crippen molar-refractivity contribution in [3.8, 4) is 18.1 Å². The lowest BCUT2D eigenvalue weighted by molar-refractivity contribution is 0.250. The summed E-state index contributed by atoms with van der Waals surface area (Å²) in [5, 5.41) is 1.13. The van der Waals surface area contributed by atoms with Gasteiger partial charge in [0, 0.05) is 18.1 Å². The normalized spacial score (nSPS) is 10.0. The minimum atomic E-state index is 0. The van der Waals surface area contributed by atoms with Crippen LogP contribution in [0.4, 0.5) is 0 Å². The Morgan fingerprint density at radius 3 is 2.57 bits per heavy atom. The summed E-state index contributed by atoms with van der Waals surface area (Å²) in [4.78, 5) is 2.19. The molecule has 0 saturated carbocycles. The van der Waals surface area contributed by atoms with E-state index >= 15 is 0 Å². The smallest absolute Gasteiger partial charge is 0.137 e. The second-order valence-electron chi connectivity index (χ2n) is 4.40. The van der Waals surface area contributed by atoms with Gasteiger partial charge in [0.1, 0.15) is 5.75 Å². The molecule has 3 nitrogen and oxygen atoms in total. The molecule has 0 spiro atoms. The number of nitrogens with zero attached hydrogens (tertiary/aromatic N) is 1. The number of terminal acetylenes is 1. The Bertz CT molecular complexity index is 449. The highest BCUT2D eigenvalue weighted by Gasteiger charge is 2.05. The molecule has 0 saturated heterocycles. The minimum Gasteiger partial charge on any atom is -0.492 e. The van der Waals surface area contributed by atoms with Crippen molar-refractivity contribution in [3.63, 3.8) is 0 Å². The molecule has 0 fully saturated rings. The molecule has 0 radical (unpaired) electrons. The summed E-state index contributed by atoms with van der Waals surface area (Å²) in [6.07, 6.45) is 7.18. The van der Waals surface area contributed by atoms with Crippen LogP contribution in [-0.2, 0) is 0 Å². The van der Waals surface area contributed by atoms with Gasteiger partial charge in [0.2, 0.25) is 0 Å². The summed E-state index contributed by atoms with van der Waals surface area (Å²) in [6.45, 7) is 3.71. The van der Waals surface area contributed by atoms with Crippen LogP contribution in [0, 0.1) is 12.3 Å². The predicted molar refractivity (Wildman–Crippen MR) is 92.8 cm³/mol. The Hall–Kier alpha value is -0.630. The van der Waals surface area contributed by atoms with E-state index in [0.29, 0.717) is 35.5 Å². The molecule has 1 aromatic rings. The molecule has 0 amide bonds. The van der Waals surface area contributed by atoms with Gasteiger partial charge >= 0.3 is 0 Å². The highest BCUT2D eigenvalue weighted by molar-refractivity contribution is 6.35.